The highest BCUT2D eigenvalue weighted by Crippen LogP contribution is 2.53. The van der Waals surface area contributed by atoms with E-state index in [4.69, 9.17) is 9.47 Å². The third kappa shape index (κ3) is 14.4. The van der Waals surface area contributed by atoms with E-state index >= 15 is 0 Å². The summed E-state index contributed by atoms with van der Waals surface area (Å²) in [5, 5.41) is 23.2. The molecular weight excluding hydrogens is 713 g/mol. The summed E-state index contributed by atoms with van der Waals surface area (Å²) >= 11 is 0. The van der Waals surface area contributed by atoms with Crippen LogP contribution >= 0.6 is 0 Å². The summed E-state index contributed by atoms with van der Waals surface area (Å²) in [6.07, 6.45) is 26.6. The molecule has 2 aliphatic heterocycles. The first-order valence-corrected chi connectivity index (χ1v) is 24.5. The fraction of sp³-hybridized carbons (Fsp3) is 0.778. The van der Waals surface area contributed by atoms with Gasteiger partial charge in [0.25, 0.3) is 0 Å². The molecule has 2 aliphatic rings. The largest absolute Gasteiger partial charge is 0.507 e. The molecule has 330 valence electrons. The Bertz CT molecular complexity index is 1440. The molecule has 4 nitrogen and oxygen atoms in total. The summed E-state index contributed by atoms with van der Waals surface area (Å²) < 4.78 is 13.9. The average molecular weight is 803 g/mol. The smallest absolute Gasteiger partial charge is 0.127 e. The molecule has 0 saturated carbocycles. The molecule has 2 heterocycles. The van der Waals surface area contributed by atoms with E-state index in [2.05, 4.69) is 83.1 Å². The predicted molar refractivity (Wildman–Crippen MR) is 249 cm³/mol. The van der Waals surface area contributed by atoms with Crippen LogP contribution in [0.2, 0.25) is 0 Å². The van der Waals surface area contributed by atoms with Crippen LogP contribution in [0, 0.1) is 49.4 Å². The minimum atomic E-state index is -0.237. The molecule has 2 N–H and O–H groups in total. The van der Waals surface area contributed by atoms with Crippen molar-refractivity contribution >= 4 is 0 Å². The second-order valence-electron chi connectivity index (χ2n) is 21.6. The van der Waals surface area contributed by atoms with Crippen molar-refractivity contribution in [1.82, 2.24) is 0 Å². The van der Waals surface area contributed by atoms with Crippen LogP contribution in [0.5, 0.6) is 23.0 Å². The first kappa shape index (κ1) is 48.3. The molecule has 0 amide bonds. The number of fused-ring (bicyclic) bond motifs is 2. The number of ether oxygens (including phenoxy) is 2. The average Bonchev–Trinajstić information content (AvgIpc) is 3.13. The Morgan fingerprint density at radius 3 is 1.09 bits per heavy atom. The summed E-state index contributed by atoms with van der Waals surface area (Å²) in [6.45, 7) is 27.7. The molecule has 2 aromatic rings. The lowest BCUT2D eigenvalue weighted by molar-refractivity contribution is 0.0508. The highest BCUT2D eigenvalue weighted by atomic mass is 16.5. The van der Waals surface area contributed by atoms with Crippen LogP contribution in [0.4, 0.5) is 0 Å². The van der Waals surface area contributed by atoms with Gasteiger partial charge in [-0.3, -0.25) is 0 Å². The first-order valence-electron chi connectivity index (χ1n) is 24.5. The van der Waals surface area contributed by atoms with Crippen LogP contribution in [0.15, 0.2) is 12.1 Å². The summed E-state index contributed by atoms with van der Waals surface area (Å²) in [4.78, 5) is 0. The van der Waals surface area contributed by atoms with Crippen LogP contribution < -0.4 is 9.47 Å². The van der Waals surface area contributed by atoms with Gasteiger partial charge in [0, 0.05) is 22.3 Å². The number of hydrogen-bond donors (Lipinski definition) is 2. The first-order chi connectivity index (χ1) is 27.4. The fourth-order valence-corrected chi connectivity index (χ4v) is 10.3. The van der Waals surface area contributed by atoms with Crippen molar-refractivity contribution in [3.05, 3.63) is 34.4 Å². The van der Waals surface area contributed by atoms with E-state index in [1.165, 1.54) is 103 Å². The maximum absolute atomic E-state index is 11.6. The van der Waals surface area contributed by atoms with Gasteiger partial charge in [0.15, 0.2) is 0 Å². The normalized spacial score (nSPS) is 21.3. The van der Waals surface area contributed by atoms with Gasteiger partial charge in [-0.25, -0.2) is 0 Å². The minimum Gasteiger partial charge on any atom is -0.507 e. The van der Waals surface area contributed by atoms with Gasteiger partial charge in [0.2, 0.25) is 0 Å². The number of aromatic hydroxyl groups is 2. The van der Waals surface area contributed by atoms with E-state index in [9.17, 15) is 10.2 Å². The third-order valence-corrected chi connectivity index (χ3v) is 14.4. The second kappa shape index (κ2) is 22.5. The molecule has 0 fully saturated rings. The van der Waals surface area contributed by atoms with Crippen LogP contribution in [0.1, 0.15) is 220 Å². The summed E-state index contributed by atoms with van der Waals surface area (Å²) in [7, 11) is 0. The van der Waals surface area contributed by atoms with Gasteiger partial charge < -0.3 is 19.7 Å². The second-order valence-corrected chi connectivity index (χ2v) is 21.6. The number of aryl methyl sites for hydroxylation is 2. The van der Waals surface area contributed by atoms with Crippen molar-refractivity contribution in [1.29, 1.82) is 0 Å². The molecule has 0 saturated heterocycles. The lowest BCUT2D eigenvalue weighted by Crippen LogP contribution is -2.37. The van der Waals surface area contributed by atoms with Gasteiger partial charge >= 0.3 is 0 Å². The maximum Gasteiger partial charge on any atom is 0.127 e. The molecule has 0 unspecified atom stereocenters. The van der Waals surface area contributed by atoms with Gasteiger partial charge in [-0.15, -0.1) is 0 Å². The van der Waals surface area contributed by atoms with Gasteiger partial charge in [-0.2, -0.15) is 0 Å². The topological polar surface area (TPSA) is 58.9 Å². The zero-order valence-corrected chi connectivity index (χ0v) is 39.9. The number of hydrogen-bond acceptors (Lipinski definition) is 4. The highest BCUT2D eigenvalue weighted by molar-refractivity contribution is 5.86. The Labute approximate surface area is 358 Å². The lowest BCUT2D eigenvalue weighted by Gasteiger charge is -2.40. The van der Waals surface area contributed by atoms with E-state index in [0.29, 0.717) is 0 Å². The summed E-state index contributed by atoms with van der Waals surface area (Å²) in [6, 6.07) is 3.69. The Balaban J connectivity index is 1.35. The summed E-state index contributed by atoms with van der Waals surface area (Å²) in [5.74, 6) is 7.04. The van der Waals surface area contributed by atoms with Crippen molar-refractivity contribution < 1.29 is 19.7 Å². The predicted octanol–water partition coefficient (Wildman–Crippen LogP) is 16.4. The van der Waals surface area contributed by atoms with Crippen molar-refractivity contribution in [3.8, 4) is 34.1 Å². The van der Waals surface area contributed by atoms with Crippen molar-refractivity contribution in [2.24, 2.45) is 35.5 Å². The molecule has 58 heavy (non-hydrogen) atoms. The number of benzene rings is 2. The Hall–Kier alpha value is -2.36. The van der Waals surface area contributed by atoms with Crippen LogP contribution in [0.25, 0.3) is 11.1 Å². The third-order valence-electron chi connectivity index (χ3n) is 14.4. The molecular formula is C54H90O4. The maximum atomic E-state index is 11.6. The molecule has 2 aromatic carbocycles. The SMILES string of the molecule is Cc1cc(O)c(-c2c(O)cc(C)c3c2CC[C@@](C)(CCC[C@H](C)CCC[C@H](C)CCCC(C)C)O3)c2c1O[C@](C)(CCC[C@H](C)CCC[C@H](C)CCCC(C)C)CC2. The standard InChI is InChI=1S/C54H90O4/c1-37(2)19-13-21-39(5)23-15-25-41(7)27-17-31-53(11)33-29-45-49(47(55)35-43(9)51(45)57-53)50-46-30-34-54(12,58-52(46)44(10)36-48(50)56)32-18-28-42(8)26-16-24-40(6)22-14-20-38(3)4/h35-42,55-56H,13-34H2,1-12H3/t39-,40-,41-,42-,53-,54-/m1/s1. The molecule has 6 atom stereocenters. The van der Waals surface area contributed by atoms with E-state index in [1.54, 1.807) is 0 Å². The van der Waals surface area contributed by atoms with E-state index < -0.39 is 0 Å². The van der Waals surface area contributed by atoms with Crippen LogP contribution in [0.3, 0.4) is 0 Å². The molecule has 0 spiro atoms. The fourth-order valence-electron chi connectivity index (χ4n) is 10.3. The number of rotatable bonds is 25. The monoisotopic (exact) mass is 803 g/mol. The Morgan fingerprint density at radius 1 is 0.483 bits per heavy atom. The van der Waals surface area contributed by atoms with Gasteiger partial charge in [-0.05, 0) is 138 Å². The molecule has 0 aromatic heterocycles. The molecule has 0 aliphatic carbocycles. The molecule has 0 bridgehead atoms. The minimum absolute atomic E-state index is 0.222. The highest BCUT2D eigenvalue weighted by Gasteiger charge is 2.38. The van der Waals surface area contributed by atoms with E-state index in [0.717, 1.165) is 119 Å². The van der Waals surface area contributed by atoms with Gasteiger partial charge in [0.05, 0.1) is 0 Å². The molecule has 0 radical (unpaired) electrons. The lowest BCUT2D eigenvalue weighted by atomic mass is 9.80. The van der Waals surface area contributed by atoms with Crippen molar-refractivity contribution in [2.75, 3.05) is 0 Å². The van der Waals surface area contributed by atoms with Gasteiger partial charge in [-0.1, -0.05) is 145 Å². The summed E-state index contributed by atoms with van der Waals surface area (Å²) in [5.41, 5.74) is 4.98. The quantitative estimate of drug-likeness (QED) is 0.105. The molecule has 4 heteroatoms. The number of phenols is 2. The van der Waals surface area contributed by atoms with Crippen molar-refractivity contribution in [2.45, 2.75) is 236 Å². The molecule has 4 rings (SSSR count). The van der Waals surface area contributed by atoms with Crippen LogP contribution in [-0.4, -0.2) is 21.4 Å². The van der Waals surface area contributed by atoms with Crippen molar-refractivity contribution in [3.63, 3.8) is 0 Å². The van der Waals surface area contributed by atoms with Gasteiger partial charge in [0.1, 0.15) is 34.2 Å². The Kier molecular flexibility index (Phi) is 18.7. The zero-order valence-electron chi connectivity index (χ0n) is 39.9. The van der Waals surface area contributed by atoms with Crippen LogP contribution in [-0.2, 0) is 12.8 Å². The van der Waals surface area contributed by atoms with E-state index in [-0.39, 0.29) is 22.7 Å². The zero-order chi connectivity index (χ0) is 42.6. The number of phenolic OH excluding ortho intramolecular Hbond substituents is 2. The van der Waals surface area contributed by atoms with E-state index in [1.807, 2.05) is 12.1 Å². The Morgan fingerprint density at radius 2 is 0.776 bits per heavy atom.